The second-order valence-electron chi connectivity index (χ2n) is 7.14. The van der Waals surface area contributed by atoms with Crippen molar-refractivity contribution >= 4 is 0 Å². The highest BCUT2D eigenvalue weighted by atomic mass is 16.3. The molecule has 0 radical (unpaired) electrons. The molecular weight excluding hydrogens is 282 g/mol. The van der Waals surface area contributed by atoms with Crippen LogP contribution in [0.3, 0.4) is 0 Å². The van der Waals surface area contributed by atoms with Crippen molar-refractivity contribution in [2.45, 2.75) is 70.3 Å². The number of aliphatic hydroxyl groups excluding tert-OH is 1. The third-order valence-electron chi connectivity index (χ3n) is 5.21. The molecule has 1 aliphatic carbocycles. The van der Waals surface area contributed by atoms with Crippen LogP contribution in [0, 0.1) is 5.92 Å². The van der Waals surface area contributed by atoms with E-state index in [1.165, 1.54) is 56.1 Å². The topological polar surface area (TPSA) is 46.2 Å². The van der Waals surface area contributed by atoms with Gasteiger partial charge in [-0.3, -0.25) is 0 Å². The summed E-state index contributed by atoms with van der Waals surface area (Å²) in [4.78, 5) is 0. The molecule has 0 amide bonds. The van der Waals surface area contributed by atoms with Crippen LogP contribution in [0.15, 0.2) is 36.4 Å². The summed E-state index contributed by atoms with van der Waals surface area (Å²) >= 11 is 0. The van der Waals surface area contributed by atoms with Crippen molar-refractivity contribution < 1.29 is 5.11 Å². The predicted molar refractivity (Wildman–Crippen MR) is 98.5 cm³/mol. The maximum absolute atomic E-state index is 9.52. The number of aliphatic hydroxyl groups is 1. The Kier molecular flexibility index (Phi) is 7.32. The lowest BCUT2D eigenvalue weighted by Gasteiger charge is -2.28. The van der Waals surface area contributed by atoms with Gasteiger partial charge in [-0.05, 0) is 42.7 Å². The summed E-state index contributed by atoms with van der Waals surface area (Å²) in [5, 5.41) is 9.52. The normalized spacial score (nSPS) is 23.5. The summed E-state index contributed by atoms with van der Waals surface area (Å²) in [5.74, 6) is 0.317. The maximum atomic E-state index is 9.52. The minimum absolute atomic E-state index is 0.0320. The Morgan fingerprint density at radius 3 is 2.39 bits per heavy atom. The fourth-order valence-electron chi connectivity index (χ4n) is 3.50. The molecule has 23 heavy (non-hydrogen) atoms. The first-order valence-electron chi connectivity index (χ1n) is 9.33. The summed E-state index contributed by atoms with van der Waals surface area (Å²) in [7, 11) is 0. The van der Waals surface area contributed by atoms with E-state index in [-0.39, 0.29) is 6.61 Å². The third kappa shape index (κ3) is 5.47. The zero-order chi connectivity index (χ0) is 16.5. The Morgan fingerprint density at radius 2 is 1.70 bits per heavy atom. The molecule has 0 aliphatic heterocycles. The van der Waals surface area contributed by atoms with Crippen molar-refractivity contribution in [3.63, 3.8) is 0 Å². The van der Waals surface area contributed by atoms with Crippen LogP contribution in [0.4, 0.5) is 0 Å². The van der Waals surface area contributed by atoms with E-state index in [4.69, 9.17) is 5.73 Å². The van der Waals surface area contributed by atoms with Crippen molar-refractivity contribution in [2.24, 2.45) is 11.7 Å². The molecule has 2 heteroatoms. The molecule has 0 bridgehead atoms. The number of aryl methyl sites for hydroxylation is 1. The molecule has 1 aromatic carbocycles. The summed E-state index contributed by atoms with van der Waals surface area (Å²) in [6, 6.07) is 9.01. The highest BCUT2D eigenvalue weighted by Crippen LogP contribution is 2.30. The molecule has 128 valence electrons. The Hall–Kier alpha value is -1.12. The lowest BCUT2D eigenvalue weighted by molar-refractivity contribution is 0.185. The van der Waals surface area contributed by atoms with Crippen molar-refractivity contribution in [3.8, 4) is 0 Å². The smallest absolute Gasteiger partial charge is 0.0650 e. The quantitative estimate of drug-likeness (QED) is 0.496. The number of hydrogen-bond donors (Lipinski definition) is 2. The molecule has 0 fully saturated rings. The van der Waals surface area contributed by atoms with Crippen LogP contribution in [-0.2, 0) is 12.8 Å². The Labute approximate surface area is 141 Å². The van der Waals surface area contributed by atoms with E-state index in [2.05, 4.69) is 37.3 Å². The first kappa shape index (κ1) is 18.2. The van der Waals surface area contributed by atoms with Gasteiger partial charge in [0.15, 0.2) is 0 Å². The number of benzene rings is 1. The number of allylic oxidation sites excluding steroid dienone is 1. The van der Waals surface area contributed by atoms with Gasteiger partial charge in [0.1, 0.15) is 0 Å². The van der Waals surface area contributed by atoms with Gasteiger partial charge in [0.25, 0.3) is 0 Å². The van der Waals surface area contributed by atoms with Crippen LogP contribution in [0.5, 0.6) is 0 Å². The molecule has 2 nitrogen and oxygen atoms in total. The average molecular weight is 316 g/mol. The van der Waals surface area contributed by atoms with E-state index in [0.717, 1.165) is 12.8 Å². The SMILES string of the molecule is CCCCCCCCc1ccc(CC2CC=CC2(N)CO)cc1. The monoisotopic (exact) mass is 315 g/mol. The molecule has 1 aliphatic rings. The van der Waals surface area contributed by atoms with Crippen LogP contribution in [0.2, 0.25) is 0 Å². The molecule has 0 heterocycles. The summed E-state index contributed by atoms with van der Waals surface area (Å²) in [5.41, 5.74) is 8.50. The Balaban J connectivity index is 1.74. The molecule has 2 unspecified atom stereocenters. The van der Waals surface area contributed by atoms with Gasteiger partial charge in [0, 0.05) is 0 Å². The van der Waals surface area contributed by atoms with Crippen LogP contribution in [0.25, 0.3) is 0 Å². The van der Waals surface area contributed by atoms with Gasteiger partial charge in [-0.25, -0.2) is 0 Å². The summed E-state index contributed by atoms with van der Waals surface area (Å²) < 4.78 is 0. The summed E-state index contributed by atoms with van der Waals surface area (Å²) in [6.45, 7) is 2.29. The number of unbranched alkanes of at least 4 members (excludes halogenated alkanes) is 5. The second kappa shape index (κ2) is 9.24. The van der Waals surface area contributed by atoms with Crippen molar-refractivity contribution in [1.29, 1.82) is 0 Å². The van der Waals surface area contributed by atoms with Crippen molar-refractivity contribution in [2.75, 3.05) is 6.61 Å². The standard InChI is InChI=1S/C21H33NO/c1-2-3-4-5-6-7-9-18-11-13-19(14-12-18)16-20-10-8-15-21(20,22)17-23/h8,11-15,20,23H,2-7,9-10,16-17,22H2,1H3. The number of hydrogen-bond acceptors (Lipinski definition) is 2. The van der Waals surface area contributed by atoms with E-state index in [1.807, 2.05) is 6.08 Å². The molecule has 0 spiro atoms. The van der Waals surface area contributed by atoms with Crippen LogP contribution in [-0.4, -0.2) is 17.3 Å². The minimum Gasteiger partial charge on any atom is -0.394 e. The van der Waals surface area contributed by atoms with Gasteiger partial charge in [0.2, 0.25) is 0 Å². The second-order valence-corrected chi connectivity index (χ2v) is 7.14. The first-order valence-corrected chi connectivity index (χ1v) is 9.33. The fraction of sp³-hybridized carbons (Fsp3) is 0.619. The van der Waals surface area contributed by atoms with E-state index in [9.17, 15) is 5.11 Å². The molecule has 3 N–H and O–H groups in total. The van der Waals surface area contributed by atoms with Gasteiger partial charge in [-0.1, -0.05) is 75.4 Å². The highest BCUT2D eigenvalue weighted by molar-refractivity contribution is 5.26. The largest absolute Gasteiger partial charge is 0.394 e. The molecule has 0 saturated heterocycles. The van der Waals surface area contributed by atoms with Gasteiger partial charge in [-0.2, -0.15) is 0 Å². The van der Waals surface area contributed by atoms with Crippen LogP contribution < -0.4 is 5.73 Å². The average Bonchev–Trinajstić information content (AvgIpc) is 2.94. The molecule has 1 aromatic rings. The van der Waals surface area contributed by atoms with E-state index < -0.39 is 5.54 Å². The van der Waals surface area contributed by atoms with Crippen LogP contribution >= 0.6 is 0 Å². The highest BCUT2D eigenvalue weighted by Gasteiger charge is 2.34. The minimum atomic E-state index is -0.531. The Morgan fingerprint density at radius 1 is 1.04 bits per heavy atom. The number of rotatable bonds is 10. The zero-order valence-corrected chi connectivity index (χ0v) is 14.6. The van der Waals surface area contributed by atoms with Crippen molar-refractivity contribution in [3.05, 3.63) is 47.5 Å². The zero-order valence-electron chi connectivity index (χ0n) is 14.6. The molecule has 0 saturated carbocycles. The van der Waals surface area contributed by atoms with E-state index >= 15 is 0 Å². The maximum Gasteiger partial charge on any atom is 0.0650 e. The third-order valence-corrected chi connectivity index (χ3v) is 5.21. The summed E-state index contributed by atoms with van der Waals surface area (Å²) in [6.07, 6.45) is 15.3. The molecular formula is C21H33NO. The lowest BCUT2D eigenvalue weighted by atomic mass is 9.83. The molecule has 0 aromatic heterocycles. The van der Waals surface area contributed by atoms with E-state index in [0.29, 0.717) is 5.92 Å². The number of nitrogens with two attached hydrogens (primary N) is 1. The van der Waals surface area contributed by atoms with Gasteiger partial charge in [-0.15, -0.1) is 0 Å². The van der Waals surface area contributed by atoms with E-state index in [1.54, 1.807) is 0 Å². The van der Waals surface area contributed by atoms with Gasteiger partial charge >= 0.3 is 0 Å². The van der Waals surface area contributed by atoms with Crippen LogP contribution in [0.1, 0.15) is 63.0 Å². The first-order chi connectivity index (χ1) is 11.2. The molecule has 2 atom stereocenters. The molecule has 2 rings (SSSR count). The van der Waals surface area contributed by atoms with Gasteiger partial charge in [0.05, 0.1) is 12.1 Å². The predicted octanol–water partition coefficient (Wildman–Crippen LogP) is 4.40. The fourth-order valence-corrected chi connectivity index (χ4v) is 3.50. The van der Waals surface area contributed by atoms with Crippen molar-refractivity contribution in [1.82, 2.24) is 0 Å². The Bertz CT molecular complexity index is 479. The lowest BCUT2D eigenvalue weighted by Crippen LogP contribution is -2.47. The van der Waals surface area contributed by atoms with Gasteiger partial charge < -0.3 is 10.8 Å².